The van der Waals surface area contributed by atoms with Crippen LogP contribution in [0.15, 0.2) is 6.07 Å². The van der Waals surface area contributed by atoms with Crippen molar-refractivity contribution < 1.29 is 18.0 Å². The smallest absolute Gasteiger partial charge is 0.373 e. The Hall–Kier alpha value is -2.06. The highest BCUT2D eigenvalue weighted by molar-refractivity contribution is 5.90. The number of hydrogen-bond acceptors (Lipinski definition) is 5. The lowest BCUT2D eigenvalue weighted by Gasteiger charge is -2.42. The summed E-state index contributed by atoms with van der Waals surface area (Å²) in [5, 5.41) is 5.26. The van der Waals surface area contributed by atoms with Crippen molar-refractivity contribution in [2.24, 2.45) is 0 Å². The third kappa shape index (κ3) is 2.86. The molecule has 0 spiro atoms. The van der Waals surface area contributed by atoms with Crippen molar-refractivity contribution in [2.75, 3.05) is 30.4 Å². The third-order valence-corrected chi connectivity index (χ3v) is 3.35. The SMILES string of the molecule is CNc1cc(N2CCNC(=O)C2(C)C)nc(C(F)(F)F)n1. The largest absolute Gasteiger partial charge is 0.451 e. The highest BCUT2D eigenvalue weighted by atomic mass is 19.4. The lowest BCUT2D eigenvalue weighted by molar-refractivity contribution is -0.144. The monoisotopic (exact) mass is 303 g/mol. The Kier molecular flexibility index (Phi) is 3.68. The van der Waals surface area contributed by atoms with Crippen molar-refractivity contribution in [1.82, 2.24) is 15.3 Å². The number of piperazine rings is 1. The standard InChI is InChI=1S/C12H16F3N5O/c1-11(2)10(21)17-4-5-20(11)8-6-7(16-3)18-9(19-8)12(13,14)15/h6H,4-5H2,1-3H3,(H,17,21)(H,16,18,19). The Labute approximate surface area is 119 Å². The van der Waals surface area contributed by atoms with Gasteiger partial charge in [-0.25, -0.2) is 9.97 Å². The van der Waals surface area contributed by atoms with Gasteiger partial charge in [0.25, 0.3) is 0 Å². The average Bonchev–Trinajstić information content (AvgIpc) is 2.40. The summed E-state index contributed by atoms with van der Waals surface area (Å²) in [6.07, 6.45) is -4.65. The maximum Gasteiger partial charge on any atom is 0.451 e. The van der Waals surface area contributed by atoms with E-state index in [1.54, 1.807) is 18.7 Å². The summed E-state index contributed by atoms with van der Waals surface area (Å²) < 4.78 is 38.6. The summed E-state index contributed by atoms with van der Waals surface area (Å²) in [5.74, 6) is -1.37. The van der Waals surface area contributed by atoms with E-state index in [2.05, 4.69) is 20.6 Å². The topological polar surface area (TPSA) is 70.2 Å². The van der Waals surface area contributed by atoms with Crippen LogP contribution in [0.3, 0.4) is 0 Å². The quantitative estimate of drug-likeness (QED) is 0.860. The molecule has 0 bridgehead atoms. The lowest BCUT2D eigenvalue weighted by Crippen LogP contribution is -2.62. The van der Waals surface area contributed by atoms with E-state index >= 15 is 0 Å². The van der Waals surface area contributed by atoms with E-state index in [4.69, 9.17) is 0 Å². The van der Waals surface area contributed by atoms with Crippen LogP contribution in [0.1, 0.15) is 19.7 Å². The second kappa shape index (κ2) is 5.05. The van der Waals surface area contributed by atoms with Gasteiger partial charge in [0.1, 0.15) is 17.2 Å². The van der Waals surface area contributed by atoms with E-state index < -0.39 is 17.5 Å². The first kappa shape index (κ1) is 15.3. The van der Waals surface area contributed by atoms with Crippen LogP contribution in [0.25, 0.3) is 0 Å². The van der Waals surface area contributed by atoms with Gasteiger partial charge in [-0.1, -0.05) is 0 Å². The van der Waals surface area contributed by atoms with E-state index in [0.29, 0.717) is 13.1 Å². The van der Waals surface area contributed by atoms with Crippen LogP contribution in [0.2, 0.25) is 0 Å². The number of aromatic nitrogens is 2. The van der Waals surface area contributed by atoms with Gasteiger partial charge >= 0.3 is 6.18 Å². The fraction of sp³-hybridized carbons (Fsp3) is 0.583. The summed E-state index contributed by atoms with van der Waals surface area (Å²) in [4.78, 5) is 20.4. The molecule has 2 N–H and O–H groups in total. The molecule has 9 heteroatoms. The molecular formula is C12H16F3N5O. The fourth-order valence-electron chi connectivity index (χ4n) is 2.13. The predicted octanol–water partition coefficient (Wildman–Crippen LogP) is 1.25. The first-order valence-electron chi connectivity index (χ1n) is 6.36. The number of alkyl halides is 3. The molecule has 116 valence electrons. The van der Waals surface area contributed by atoms with Crippen molar-refractivity contribution >= 4 is 17.5 Å². The van der Waals surface area contributed by atoms with Gasteiger partial charge in [-0.15, -0.1) is 0 Å². The molecule has 1 aromatic heterocycles. The number of rotatable bonds is 2. The van der Waals surface area contributed by atoms with Gasteiger partial charge in [0.2, 0.25) is 11.7 Å². The highest BCUT2D eigenvalue weighted by Crippen LogP contribution is 2.31. The molecule has 0 aromatic carbocycles. The van der Waals surface area contributed by atoms with Crippen LogP contribution < -0.4 is 15.5 Å². The molecule has 0 aliphatic carbocycles. The molecule has 2 rings (SSSR count). The number of nitrogens with one attached hydrogen (secondary N) is 2. The van der Waals surface area contributed by atoms with E-state index in [-0.39, 0.29) is 17.5 Å². The minimum absolute atomic E-state index is 0.0501. The Bertz CT molecular complexity index is 558. The zero-order chi connectivity index (χ0) is 15.8. The summed E-state index contributed by atoms with van der Waals surface area (Å²) in [7, 11) is 1.47. The Balaban J connectivity index is 2.50. The number of amides is 1. The Morgan fingerprint density at radius 1 is 1.38 bits per heavy atom. The maximum absolute atomic E-state index is 12.9. The fourth-order valence-corrected chi connectivity index (χ4v) is 2.13. The van der Waals surface area contributed by atoms with Crippen LogP contribution >= 0.6 is 0 Å². The van der Waals surface area contributed by atoms with Crippen LogP contribution in [0.4, 0.5) is 24.8 Å². The molecule has 6 nitrogen and oxygen atoms in total. The second-order valence-electron chi connectivity index (χ2n) is 5.15. The first-order valence-corrected chi connectivity index (χ1v) is 6.36. The molecule has 0 radical (unpaired) electrons. The van der Waals surface area contributed by atoms with E-state index in [9.17, 15) is 18.0 Å². The van der Waals surface area contributed by atoms with Crippen molar-refractivity contribution in [1.29, 1.82) is 0 Å². The van der Waals surface area contributed by atoms with Gasteiger partial charge in [0.05, 0.1) is 0 Å². The molecular weight excluding hydrogens is 287 g/mol. The first-order chi connectivity index (χ1) is 9.66. The number of carbonyl (C=O) groups excluding carboxylic acids is 1. The zero-order valence-electron chi connectivity index (χ0n) is 11.9. The average molecular weight is 303 g/mol. The second-order valence-corrected chi connectivity index (χ2v) is 5.15. The summed E-state index contributed by atoms with van der Waals surface area (Å²) >= 11 is 0. The van der Waals surface area contributed by atoms with Gasteiger partial charge in [0, 0.05) is 26.2 Å². The lowest BCUT2D eigenvalue weighted by atomic mass is 9.99. The van der Waals surface area contributed by atoms with Gasteiger partial charge in [-0.05, 0) is 13.8 Å². The van der Waals surface area contributed by atoms with E-state index in [0.717, 1.165) is 0 Å². The molecule has 1 saturated heterocycles. The summed E-state index contributed by atoms with van der Waals surface area (Å²) in [6, 6.07) is 1.40. The Morgan fingerprint density at radius 3 is 2.62 bits per heavy atom. The van der Waals surface area contributed by atoms with Crippen LogP contribution in [0.5, 0.6) is 0 Å². The molecule has 0 atom stereocenters. The van der Waals surface area contributed by atoms with Crippen LogP contribution in [-0.4, -0.2) is 41.6 Å². The summed E-state index contributed by atoms with van der Waals surface area (Å²) in [5.41, 5.74) is -0.986. The predicted molar refractivity (Wildman–Crippen MR) is 71.0 cm³/mol. The van der Waals surface area contributed by atoms with Crippen molar-refractivity contribution in [2.45, 2.75) is 25.6 Å². The van der Waals surface area contributed by atoms with Crippen molar-refractivity contribution in [3.8, 4) is 0 Å². The molecule has 0 saturated carbocycles. The molecule has 1 amide bonds. The van der Waals surface area contributed by atoms with Crippen molar-refractivity contribution in [3.05, 3.63) is 11.9 Å². The molecule has 0 unspecified atom stereocenters. The normalized spacial score (nSPS) is 18.4. The van der Waals surface area contributed by atoms with E-state index in [1.165, 1.54) is 13.1 Å². The highest BCUT2D eigenvalue weighted by Gasteiger charge is 2.41. The minimum atomic E-state index is -4.65. The minimum Gasteiger partial charge on any atom is -0.373 e. The molecule has 1 aliphatic rings. The number of halogens is 3. The molecule has 21 heavy (non-hydrogen) atoms. The van der Waals surface area contributed by atoms with E-state index in [1.807, 2.05) is 0 Å². The molecule has 1 fully saturated rings. The van der Waals surface area contributed by atoms with Crippen molar-refractivity contribution in [3.63, 3.8) is 0 Å². The van der Waals surface area contributed by atoms with Gasteiger partial charge < -0.3 is 15.5 Å². The maximum atomic E-state index is 12.9. The zero-order valence-corrected chi connectivity index (χ0v) is 11.9. The van der Waals surface area contributed by atoms with Gasteiger partial charge in [0.15, 0.2) is 0 Å². The summed E-state index contributed by atoms with van der Waals surface area (Å²) in [6.45, 7) is 3.99. The molecule has 1 aromatic rings. The van der Waals surface area contributed by atoms with Crippen LogP contribution in [0, 0.1) is 0 Å². The molecule has 2 heterocycles. The van der Waals surface area contributed by atoms with Gasteiger partial charge in [-0.2, -0.15) is 13.2 Å². The number of carbonyl (C=O) groups is 1. The number of nitrogens with zero attached hydrogens (tertiary/aromatic N) is 3. The Morgan fingerprint density at radius 2 is 2.05 bits per heavy atom. The number of anilines is 2. The third-order valence-electron chi connectivity index (χ3n) is 3.35. The van der Waals surface area contributed by atoms with Crippen LogP contribution in [-0.2, 0) is 11.0 Å². The molecule has 1 aliphatic heterocycles. The number of hydrogen-bond donors (Lipinski definition) is 2. The van der Waals surface area contributed by atoms with Gasteiger partial charge in [-0.3, -0.25) is 4.79 Å².